The number of fused-ring (bicyclic) bond motifs is 1. The van der Waals surface area contributed by atoms with Gasteiger partial charge in [0.15, 0.2) is 0 Å². The molecule has 0 saturated carbocycles. The van der Waals surface area contributed by atoms with Gasteiger partial charge >= 0.3 is 6.01 Å². The van der Waals surface area contributed by atoms with E-state index in [0.29, 0.717) is 38.6 Å². The van der Waals surface area contributed by atoms with E-state index >= 15 is 0 Å². The lowest BCUT2D eigenvalue weighted by molar-refractivity contribution is 0.588. The third kappa shape index (κ3) is 3.70. The Kier molecular flexibility index (Phi) is 4.79. The van der Waals surface area contributed by atoms with E-state index in [1.165, 1.54) is 0 Å². The van der Waals surface area contributed by atoms with Gasteiger partial charge in [0.25, 0.3) is 0 Å². The minimum Gasteiger partial charge on any atom is -0.403 e. The van der Waals surface area contributed by atoms with E-state index < -0.39 is 0 Å². The average molecular weight is 447 g/mol. The van der Waals surface area contributed by atoms with Crippen LogP contribution in [0.5, 0.6) is 0 Å². The number of halogens is 2. The summed E-state index contributed by atoms with van der Waals surface area (Å²) in [5.74, 6) is 0.917. The number of anilines is 2. The summed E-state index contributed by atoms with van der Waals surface area (Å²) in [7, 11) is 0. The van der Waals surface area contributed by atoms with E-state index in [1.54, 1.807) is 36.4 Å². The Morgan fingerprint density at radius 2 is 1.77 bits per heavy atom. The van der Waals surface area contributed by atoms with Crippen LogP contribution in [0, 0.1) is 11.3 Å². The molecule has 5 rings (SSSR count). The normalized spacial score (nSPS) is 10.9. The molecule has 150 valence electrons. The van der Waals surface area contributed by atoms with Crippen LogP contribution in [0.15, 0.2) is 65.1 Å². The molecule has 0 bridgehead atoms. The highest BCUT2D eigenvalue weighted by molar-refractivity contribution is 6.39. The molecule has 0 atom stereocenters. The van der Waals surface area contributed by atoms with Crippen molar-refractivity contribution in [1.29, 1.82) is 5.26 Å². The third-order valence-corrected chi connectivity index (χ3v) is 5.23. The number of nitriles is 1. The first-order valence-corrected chi connectivity index (χ1v) is 9.91. The summed E-state index contributed by atoms with van der Waals surface area (Å²) < 4.78 is 5.73. The summed E-state index contributed by atoms with van der Waals surface area (Å²) in [4.78, 5) is 7.83. The number of nitrogens with zero attached hydrogens (tertiary/aromatic N) is 4. The average Bonchev–Trinajstić information content (AvgIpc) is 3.40. The highest BCUT2D eigenvalue weighted by Crippen LogP contribution is 2.34. The van der Waals surface area contributed by atoms with Crippen molar-refractivity contribution < 1.29 is 4.42 Å². The zero-order chi connectivity index (χ0) is 21.4. The Morgan fingerprint density at radius 1 is 0.968 bits per heavy atom. The van der Waals surface area contributed by atoms with Crippen molar-refractivity contribution in [3.05, 3.63) is 76.3 Å². The second kappa shape index (κ2) is 7.76. The Hall–Kier alpha value is -3.86. The van der Waals surface area contributed by atoms with Gasteiger partial charge in [-0.3, -0.25) is 0 Å². The number of nitrogens with one attached hydrogen (secondary N) is 2. The van der Waals surface area contributed by atoms with Crippen molar-refractivity contribution in [3.8, 4) is 28.9 Å². The second-order valence-electron chi connectivity index (χ2n) is 6.64. The molecule has 2 heterocycles. The molecule has 0 radical (unpaired) electrons. The summed E-state index contributed by atoms with van der Waals surface area (Å²) in [5.41, 5.74) is 4.11. The maximum Gasteiger partial charge on any atom is 0.320 e. The molecule has 0 aliphatic carbocycles. The van der Waals surface area contributed by atoms with Crippen molar-refractivity contribution in [3.63, 3.8) is 0 Å². The van der Waals surface area contributed by atoms with Gasteiger partial charge in [-0.05, 0) is 48.5 Å². The zero-order valence-corrected chi connectivity index (χ0v) is 17.2. The van der Waals surface area contributed by atoms with Crippen molar-refractivity contribution in [1.82, 2.24) is 20.2 Å². The summed E-state index contributed by atoms with van der Waals surface area (Å²) in [5, 5.41) is 21.2. The van der Waals surface area contributed by atoms with Crippen molar-refractivity contribution >= 4 is 45.9 Å². The summed E-state index contributed by atoms with van der Waals surface area (Å²) in [6.07, 6.45) is 0. The highest BCUT2D eigenvalue weighted by atomic mass is 35.5. The van der Waals surface area contributed by atoms with Crippen molar-refractivity contribution in [2.24, 2.45) is 0 Å². The lowest BCUT2D eigenvalue weighted by Gasteiger charge is -2.02. The molecule has 2 N–H and O–H groups in total. The van der Waals surface area contributed by atoms with Gasteiger partial charge in [-0.25, -0.2) is 4.98 Å². The van der Waals surface area contributed by atoms with Crippen LogP contribution in [0.4, 0.5) is 11.7 Å². The molecule has 5 aromatic rings. The van der Waals surface area contributed by atoms with E-state index in [-0.39, 0.29) is 6.01 Å². The molecular formula is C22H12Cl2N6O. The molecule has 0 fully saturated rings. The summed E-state index contributed by atoms with van der Waals surface area (Å²) in [6.45, 7) is 0. The van der Waals surface area contributed by atoms with E-state index in [0.717, 1.165) is 16.6 Å². The maximum atomic E-state index is 9.02. The Bertz CT molecular complexity index is 1450. The van der Waals surface area contributed by atoms with Crippen LogP contribution in [0.1, 0.15) is 5.56 Å². The van der Waals surface area contributed by atoms with Crippen LogP contribution >= 0.6 is 23.2 Å². The molecule has 0 aliphatic heterocycles. The molecule has 31 heavy (non-hydrogen) atoms. The van der Waals surface area contributed by atoms with Gasteiger partial charge in [0.1, 0.15) is 5.82 Å². The predicted octanol–water partition coefficient (Wildman–Crippen LogP) is 6.20. The third-order valence-electron chi connectivity index (χ3n) is 4.60. The molecule has 7 nitrogen and oxygen atoms in total. The topological polar surface area (TPSA) is 103 Å². The molecule has 3 aromatic carbocycles. The maximum absolute atomic E-state index is 9.02. The van der Waals surface area contributed by atoms with Gasteiger partial charge in [-0.2, -0.15) is 5.26 Å². The van der Waals surface area contributed by atoms with Gasteiger partial charge in [0.05, 0.1) is 38.3 Å². The first-order valence-electron chi connectivity index (χ1n) is 9.16. The standard InChI is InChI=1S/C22H12Cl2N6O/c23-15-5-2-6-16(24)19(15)20-27-17-8-7-13(10-18(17)28-20)21-29-30-22(31-21)26-14-4-1-3-12(9-14)11-25/h1-10H,(H,26,30)(H,27,28). The van der Waals surface area contributed by atoms with E-state index in [2.05, 4.69) is 31.6 Å². The number of hydrogen-bond acceptors (Lipinski definition) is 6. The molecule has 0 saturated heterocycles. The molecule has 9 heteroatoms. The minimum absolute atomic E-state index is 0.221. The molecule has 2 aromatic heterocycles. The fourth-order valence-corrected chi connectivity index (χ4v) is 3.74. The van der Waals surface area contributed by atoms with Gasteiger partial charge < -0.3 is 14.7 Å². The van der Waals surface area contributed by atoms with Crippen LogP contribution in [0.3, 0.4) is 0 Å². The Balaban J connectivity index is 1.45. The van der Waals surface area contributed by atoms with Gasteiger partial charge in [0.2, 0.25) is 5.89 Å². The molecule has 0 spiro atoms. The minimum atomic E-state index is 0.221. The number of hydrogen-bond donors (Lipinski definition) is 2. The van der Waals surface area contributed by atoms with Crippen LogP contribution in [0.25, 0.3) is 33.9 Å². The fraction of sp³-hybridized carbons (Fsp3) is 0. The zero-order valence-electron chi connectivity index (χ0n) is 15.7. The SMILES string of the molecule is N#Cc1cccc(Nc2nnc(-c3ccc4nc(-c5c(Cl)cccc5Cl)[nH]c4c3)o2)c1. The number of imidazole rings is 1. The van der Waals surface area contributed by atoms with Gasteiger partial charge in [-0.15, -0.1) is 5.10 Å². The van der Waals surface area contributed by atoms with Crippen molar-refractivity contribution in [2.75, 3.05) is 5.32 Å². The molecule has 0 unspecified atom stereocenters. The monoisotopic (exact) mass is 446 g/mol. The van der Waals surface area contributed by atoms with Gasteiger partial charge in [-0.1, -0.05) is 40.4 Å². The van der Waals surface area contributed by atoms with Gasteiger partial charge in [0, 0.05) is 11.3 Å². The van der Waals surface area contributed by atoms with E-state index in [1.807, 2.05) is 24.3 Å². The summed E-state index contributed by atoms with van der Waals surface area (Å²) in [6, 6.07) is 20.2. The first kappa shape index (κ1) is 19.1. The summed E-state index contributed by atoms with van der Waals surface area (Å²) >= 11 is 12.6. The lowest BCUT2D eigenvalue weighted by atomic mass is 10.2. The lowest BCUT2D eigenvalue weighted by Crippen LogP contribution is -1.90. The molecule has 0 amide bonds. The number of benzene rings is 3. The Labute approximate surface area is 186 Å². The Morgan fingerprint density at radius 3 is 2.58 bits per heavy atom. The fourth-order valence-electron chi connectivity index (χ4n) is 3.17. The number of H-pyrrole nitrogens is 1. The number of aromatic nitrogens is 4. The van der Waals surface area contributed by atoms with E-state index in [9.17, 15) is 0 Å². The highest BCUT2D eigenvalue weighted by Gasteiger charge is 2.15. The smallest absolute Gasteiger partial charge is 0.320 e. The van der Waals surface area contributed by atoms with Crippen LogP contribution in [0.2, 0.25) is 10.0 Å². The molecule has 0 aliphatic rings. The van der Waals surface area contributed by atoms with E-state index in [4.69, 9.17) is 32.9 Å². The van der Waals surface area contributed by atoms with Crippen LogP contribution < -0.4 is 5.32 Å². The van der Waals surface area contributed by atoms with Crippen molar-refractivity contribution in [2.45, 2.75) is 0 Å². The van der Waals surface area contributed by atoms with Crippen LogP contribution in [-0.4, -0.2) is 20.2 Å². The molecular weight excluding hydrogens is 435 g/mol. The first-order chi connectivity index (χ1) is 15.1. The quantitative estimate of drug-likeness (QED) is 0.340. The number of rotatable bonds is 4. The second-order valence-corrected chi connectivity index (χ2v) is 7.46. The largest absolute Gasteiger partial charge is 0.403 e. The predicted molar refractivity (Wildman–Crippen MR) is 119 cm³/mol. The van der Waals surface area contributed by atoms with Crippen LogP contribution in [-0.2, 0) is 0 Å². The number of aromatic amines is 1.